The summed E-state index contributed by atoms with van der Waals surface area (Å²) in [5.41, 5.74) is 1.80. The van der Waals surface area contributed by atoms with Crippen LogP contribution in [0.4, 0.5) is 0 Å². The molecule has 0 aliphatic carbocycles. The quantitative estimate of drug-likeness (QED) is 0.917. The number of likely N-dealkylation sites (tertiary alicyclic amines) is 2. The van der Waals surface area contributed by atoms with Crippen LogP contribution in [0, 0.1) is 5.92 Å². The highest BCUT2D eigenvalue weighted by Crippen LogP contribution is 2.35. The summed E-state index contributed by atoms with van der Waals surface area (Å²) in [7, 11) is 1.82. The summed E-state index contributed by atoms with van der Waals surface area (Å²) < 4.78 is 5.68. The summed E-state index contributed by atoms with van der Waals surface area (Å²) in [4.78, 5) is 20.7. The first-order chi connectivity index (χ1) is 12.6. The van der Waals surface area contributed by atoms with E-state index in [1.807, 2.05) is 42.5 Å². The zero-order valence-electron chi connectivity index (χ0n) is 15.9. The molecule has 5 nitrogen and oxygen atoms in total. The Morgan fingerprint density at radius 3 is 2.69 bits per heavy atom. The van der Waals surface area contributed by atoms with Crippen molar-refractivity contribution in [2.45, 2.75) is 44.9 Å². The molecule has 0 radical (unpaired) electrons. The zero-order chi connectivity index (χ0) is 18.3. The standard InChI is InChI=1S/C21H29N3O2/c1-14(2)24-13-19(26-3)20(24)16-7-10-23(11-8-16)21(25)17-5-4-15-6-9-22-18(15)12-17/h4-6,9,12,14,16,19-20,22H,7-8,10-11,13H2,1-3H3/t19-,20-/m0/s1. The Balaban J connectivity index is 1.40. The van der Waals surface area contributed by atoms with E-state index in [0.29, 0.717) is 24.1 Å². The Hall–Kier alpha value is -1.85. The molecule has 2 aliphatic rings. The van der Waals surface area contributed by atoms with Crippen LogP contribution in [0.15, 0.2) is 30.5 Å². The first-order valence-electron chi connectivity index (χ1n) is 9.73. The van der Waals surface area contributed by atoms with Gasteiger partial charge in [-0.1, -0.05) is 6.07 Å². The van der Waals surface area contributed by atoms with Crippen molar-refractivity contribution in [3.63, 3.8) is 0 Å². The monoisotopic (exact) mass is 355 g/mol. The normalized spacial score (nSPS) is 25.0. The van der Waals surface area contributed by atoms with Crippen molar-refractivity contribution >= 4 is 16.8 Å². The Labute approximate surface area is 155 Å². The predicted molar refractivity (Wildman–Crippen MR) is 103 cm³/mol. The van der Waals surface area contributed by atoms with Gasteiger partial charge >= 0.3 is 0 Å². The van der Waals surface area contributed by atoms with Crippen LogP contribution in [-0.2, 0) is 4.74 Å². The highest BCUT2D eigenvalue weighted by atomic mass is 16.5. The molecule has 2 atom stereocenters. The first kappa shape index (κ1) is 17.6. The SMILES string of the molecule is CO[C@H]1CN(C(C)C)[C@H]1C1CCN(C(=O)c2ccc3cc[nH]c3c2)CC1. The average Bonchev–Trinajstić information content (AvgIpc) is 3.08. The Kier molecular flexibility index (Phi) is 4.76. The number of hydrogen-bond acceptors (Lipinski definition) is 3. The molecule has 140 valence electrons. The van der Waals surface area contributed by atoms with E-state index >= 15 is 0 Å². The Morgan fingerprint density at radius 1 is 1.23 bits per heavy atom. The molecule has 2 aromatic rings. The van der Waals surface area contributed by atoms with Crippen LogP contribution >= 0.6 is 0 Å². The third kappa shape index (κ3) is 3.03. The van der Waals surface area contributed by atoms with Crippen molar-refractivity contribution in [1.29, 1.82) is 0 Å². The van der Waals surface area contributed by atoms with Gasteiger partial charge < -0.3 is 14.6 Å². The van der Waals surface area contributed by atoms with E-state index in [4.69, 9.17) is 4.74 Å². The number of ether oxygens (including phenoxy) is 1. The van der Waals surface area contributed by atoms with Gasteiger partial charge in [0.05, 0.1) is 6.10 Å². The number of benzene rings is 1. The minimum absolute atomic E-state index is 0.151. The lowest BCUT2D eigenvalue weighted by Crippen LogP contribution is -2.66. The molecule has 0 saturated carbocycles. The molecular weight excluding hydrogens is 326 g/mol. The molecule has 1 amide bonds. The van der Waals surface area contributed by atoms with Crippen LogP contribution in [0.5, 0.6) is 0 Å². The fraction of sp³-hybridized carbons (Fsp3) is 0.571. The van der Waals surface area contributed by atoms with Crippen LogP contribution in [0.25, 0.3) is 10.9 Å². The number of aromatic amines is 1. The number of amides is 1. The summed E-state index contributed by atoms with van der Waals surface area (Å²) in [6, 6.07) is 9.02. The summed E-state index contributed by atoms with van der Waals surface area (Å²) in [6.07, 6.45) is 4.38. The summed E-state index contributed by atoms with van der Waals surface area (Å²) in [5.74, 6) is 0.767. The van der Waals surface area contributed by atoms with Crippen LogP contribution in [0.2, 0.25) is 0 Å². The van der Waals surface area contributed by atoms with Gasteiger partial charge in [0.25, 0.3) is 5.91 Å². The number of hydrogen-bond donors (Lipinski definition) is 1. The maximum atomic E-state index is 12.9. The zero-order valence-corrected chi connectivity index (χ0v) is 15.9. The van der Waals surface area contributed by atoms with Crippen LogP contribution in [0.1, 0.15) is 37.0 Å². The molecule has 1 aromatic carbocycles. The fourth-order valence-corrected chi connectivity index (χ4v) is 4.66. The van der Waals surface area contributed by atoms with Gasteiger partial charge in [-0.15, -0.1) is 0 Å². The van der Waals surface area contributed by atoms with E-state index < -0.39 is 0 Å². The second-order valence-electron chi connectivity index (χ2n) is 7.96. The molecular formula is C21H29N3O2. The van der Waals surface area contributed by atoms with Gasteiger partial charge in [0.15, 0.2) is 0 Å². The van der Waals surface area contributed by atoms with E-state index in [1.54, 1.807) is 0 Å². The van der Waals surface area contributed by atoms with Gasteiger partial charge in [0.1, 0.15) is 0 Å². The number of carbonyl (C=O) groups is 1. The summed E-state index contributed by atoms with van der Waals surface area (Å²) in [6.45, 7) is 7.23. The average molecular weight is 355 g/mol. The Bertz CT molecular complexity index is 776. The highest BCUT2D eigenvalue weighted by Gasteiger charge is 2.45. The van der Waals surface area contributed by atoms with Gasteiger partial charge in [0.2, 0.25) is 0 Å². The number of piperidine rings is 1. The molecule has 3 heterocycles. The molecule has 2 aliphatic heterocycles. The van der Waals surface area contributed by atoms with Gasteiger partial charge in [-0.3, -0.25) is 9.69 Å². The van der Waals surface area contributed by atoms with Crippen LogP contribution < -0.4 is 0 Å². The van der Waals surface area contributed by atoms with Gasteiger partial charge in [0, 0.05) is 56.1 Å². The number of H-pyrrole nitrogens is 1. The second kappa shape index (κ2) is 7.05. The smallest absolute Gasteiger partial charge is 0.253 e. The van der Waals surface area contributed by atoms with E-state index in [0.717, 1.165) is 48.9 Å². The maximum absolute atomic E-state index is 12.9. The molecule has 26 heavy (non-hydrogen) atoms. The highest BCUT2D eigenvalue weighted by molar-refractivity contribution is 5.98. The topological polar surface area (TPSA) is 48.6 Å². The number of rotatable bonds is 4. The second-order valence-corrected chi connectivity index (χ2v) is 7.96. The van der Waals surface area contributed by atoms with Crippen molar-refractivity contribution in [2.75, 3.05) is 26.7 Å². The molecule has 1 aromatic heterocycles. The number of nitrogens with one attached hydrogen (secondary N) is 1. The van der Waals surface area contributed by atoms with Crippen LogP contribution in [-0.4, -0.2) is 65.6 Å². The van der Waals surface area contributed by atoms with E-state index in [-0.39, 0.29) is 5.91 Å². The number of fused-ring (bicyclic) bond motifs is 1. The minimum atomic E-state index is 0.151. The van der Waals surface area contributed by atoms with E-state index in [1.165, 1.54) is 0 Å². The fourth-order valence-electron chi connectivity index (χ4n) is 4.66. The minimum Gasteiger partial charge on any atom is -0.378 e. The third-order valence-corrected chi connectivity index (χ3v) is 6.23. The maximum Gasteiger partial charge on any atom is 0.253 e. The number of aromatic nitrogens is 1. The van der Waals surface area contributed by atoms with Gasteiger partial charge in [-0.2, -0.15) is 0 Å². The lowest BCUT2D eigenvalue weighted by atomic mass is 9.79. The molecule has 2 fully saturated rings. The molecule has 0 bridgehead atoms. The van der Waals surface area contributed by atoms with Gasteiger partial charge in [-0.25, -0.2) is 0 Å². The molecule has 1 N–H and O–H groups in total. The van der Waals surface area contributed by atoms with Crippen molar-refractivity contribution in [3.05, 3.63) is 36.0 Å². The molecule has 5 heteroatoms. The Morgan fingerprint density at radius 2 is 2.00 bits per heavy atom. The molecule has 4 rings (SSSR count). The van der Waals surface area contributed by atoms with Gasteiger partial charge in [-0.05, 0) is 56.2 Å². The molecule has 2 saturated heterocycles. The number of methoxy groups -OCH3 is 1. The largest absolute Gasteiger partial charge is 0.378 e. The van der Waals surface area contributed by atoms with Crippen molar-refractivity contribution in [2.24, 2.45) is 5.92 Å². The lowest BCUT2D eigenvalue weighted by Gasteiger charge is -2.54. The van der Waals surface area contributed by atoms with Crippen LogP contribution in [0.3, 0.4) is 0 Å². The summed E-state index contributed by atoms with van der Waals surface area (Å²) in [5, 5.41) is 1.14. The lowest BCUT2D eigenvalue weighted by molar-refractivity contribution is -0.128. The van der Waals surface area contributed by atoms with E-state index in [2.05, 4.69) is 23.7 Å². The molecule has 0 spiro atoms. The van der Waals surface area contributed by atoms with Crippen molar-refractivity contribution < 1.29 is 9.53 Å². The predicted octanol–water partition coefficient (Wildman–Crippen LogP) is 3.13. The first-order valence-corrected chi connectivity index (χ1v) is 9.73. The van der Waals surface area contributed by atoms with Crippen molar-refractivity contribution in [3.8, 4) is 0 Å². The molecule has 0 unspecified atom stereocenters. The summed E-state index contributed by atoms with van der Waals surface area (Å²) >= 11 is 0. The number of nitrogens with zero attached hydrogens (tertiary/aromatic N) is 2. The van der Waals surface area contributed by atoms with E-state index in [9.17, 15) is 4.79 Å². The van der Waals surface area contributed by atoms with Crippen molar-refractivity contribution in [1.82, 2.24) is 14.8 Å². The third-order valence-electron chi connectivity index (χ3n) is 6.23. The number of carbonyl (C=O) groups excluding carboxylic acids is 1.